The Morgan fingerprint density at radius 3 is 2.80 bits per heavy atom. The summed E-state index contributed by atoms with van der Waals surface area (Å²) in [5.74, 6) is 0.946. The minimum atomic E-state index is 0.0721. The maximum absolute atomic E-state index is 12.0. The van der Waals surface area contributed by atoms with E-state index in [2.05, 4.69) is 21.3 Å². The van der Waals surface area contributed by atoms with Gasteiger partial charge in [0.1, 0.15) is 11.9 Å². The van der Waals surface area contributed by atoms with Gasteiger partial charge < -0.3 is 10.2 Å². The van der Waals surface area contributed by atoms with E-state index >= 15 is 0 Å². The monoisotopic (exact) mass is 272 g/mol. The molecule has 0 aliphatic carbocycles. The van der Waals surface area contributed by atoms with Gasteiger partial charge in [-0.05, 0) is 38.8 Å². The van der Waals surface area contributed by atoms with Crippen LogP contribution in [0.15, 0.2) is 18.3 Å². The average Bonchev–Trinajstić information content (AvgIpc) is 2.46. The van der Waals surface area contributed by atoms with Crippen molar-refractivity contribution in [2.75, 3.05) is 18.0 Å². The van der Waals surface area contributed by atoms with Crippen LogP contribution >= 0.6 is 0 Å². The largest absolute Gasteiger partial charge is 0.355 e. The maximum atomic E-state index is 12.0. The number of carbonyl (C=O) groups excluding carboxylic acids is 1. The number of amides is 1. The fourth-order valence-corrected chi connectivity index (χ4v) is 2.49. The van der Waals surface area contributed by atoms with Gasteiger partial charge in [0.25, 0.3) is 0 Å². The van der Waals surface area contributed by atoms with Gasteiger partial charge >= 0.3 is 0 Å². The van der Waals surface area contributed by atoms with Crippen LogP contribution < -0.4 is 10.2 Å². The molecule has 5 heteroatoms. The molecule has 0 spiro atoms. The van der Waals surface area contributed by atoms with Crippen LogP contribution in [0, 0.1) is 17.2 Å². The van der Waals surface area contributed by atoms with Crippen LogP contribution in [-0.2, 0) is 4.79 Å². The van der Waals surface area contributed by atoms with Crippen LogP contribution in [0.4, 0.5) is 5.82 Å². The summed E-state index contributed by atoms with van der Waals surface area (Å²) in [5, 5.41) is 12.1. The third-order valence-electron chi connectivity index (χ3n) is 3.50. The zero-order valence-corrected chi connectivity index (χ0v) is 12.0. The standard InChI is InChI=1S/C15H20N4O/c1-11(2)18-15(20)12-5-8-19(9-6-12)14-13(10-16)4-3-7-17-14/h3-4,7,11-12H,5-6,8-9H2,1-2H3,(H,18,20). The molecule has 1 aromatic rings. The molecule has 1 aliphatic heterocycles. The Morgan fingerprint density at radius 1 is 1.50 bits per heavy atom. The Labute approximate surface area is 119 Å². The van der Waals surface area contributed by atoms with Crippen LogP contribution in [0.25, 0.3) is 0 Å². The molecule has 0 radical (unpaired) electrons. The summed E-state index contributed by atoms with van der Waals surface area (Å²) in [4.78, 5) is 18.4. The fourth-order valence-electron chi connectivity index (χ4n) is 2.49. The van der Waals surface area contributed by atoms with Crippen molar-refractivity contribution in [2.45, 2.75) is 32.7 Å². The van der Waals surface area contributed by atoms with Crippen molar-refractivity contribution in [3.8, 4) is 6.07 Å². The van der Waals surface area contributed by atoms with Crippen molar-refractivity contribution in [1.82, 2.24) is 10.3 Å². The lowest BCUT2D eigenvalue weighted by Gasteiger charge is -2.32. The second-order valence-corrected chi connectivity index (χ2v) is 5.41. The van der Waals surface area contributed by atoms with Crippen molar-refractivity contribution in [1.29, 1.82) is 5.26 Å². The van der Waals surface area contributed by atoms with Crippen LogP contribution in [0.1, 0.15) is 32.3 Å². The predicted octanol–water partition coefficient (Wildman–Crippen LogP) is 1.69. The van der Waals surface area contributed by atoms with Crippen LogP contribution in [-0.4, -0.2) is 30.0 Å². The number of hydrogen-bond donors (Lipinski definition) is 1. The highest BCUT2D eigenvalue weighted by atomic mass is 16.1. The molecule has 1 aromatic heterocycles. The number of anilines is 1. The highest BCUT2D eigenvalue weighted by Crippen LogP contribution is 2.24. The quantitative estimate of drug-likeness (QED) is 0.909. The van der Waals surface area contributed by atoms with Crippen LogP contribution in [0.5, 0.6) is 0 Å². The lowest BCUT2D eigenvalue weighted by molar-refractivity contribution is -0.126. The van der Waals surface area contributed by atoms with Crippen LogP contribution in [0.3, 0.4) is 0 Å². The molecule has 1 aliphatic rings. The SMILES string of the molecule is CC(C)NC(=O)C1CCN(c2ncccc2C#N)CC1. The van der Waals surface area contributed by atoms with E-state index in [1.54, 1.807) is 18.3 Å². The minimum Gasteiger partial charge on any atom is -0.355 e. The lowest BCUT2D eigenvalue weighted by Crippen LogP contribution is -2.42. The Balaban J connectivity index is 1.98. The molecule has 1 N–H and O–H groups in total. The Bertz CT molecular complexity index is 513. The third-order valence-corrected chi connectivity index (χ3v) is 3.50. The van der Waals surface area contributed by atoms with Crippen molar-refractivity contribution in [2.24, 2.45) is 5.92 Å². The summed E-state index contributed by atoms with van der Waals surface area (Å²) in [6, 6.07) is 5.90. The van der Waals surface area contributed by atoms with Gasteiger partial charge in [0.05, 0.1) is 5.56 Å². The molecule has 0 saturated carbocycles. The van der Waals surface area contributed by atoms with Crippen molar-refractivity contribution < 1.29 is 4.79 Å². The van der Waals surface area contributed by atoms with E-state index in [-0.39, 0.29) is 17.9 Å². The fraction of sp³-hybridized carbons (Fsp3) is 0.533. The topological polar surface area (TPSA) is 69.0 Å². The number of pyridine rings is 1. The minimum absolute atomic E-state index is 0.0721. The second-order valence-electron chi connectivity index (χ2n) is 5.41. The van der Waals surface area contributed by atoms with Gasteiger partial charge in [-0.15, -0.1) is 0 Å². The molecule has 1 fully saturated rings. The number of rotatable bonds is 3. The maximum Gasteiger partial charge on any atom is 0.223 e. The van der Waals surface area contributed by atoms with E-state index in [0.29, 0.717) is 5.56 Å². The van der Waals surface area contributed by atoms with Gasteiger partial charge in [-0.2, -0.15) is 5.26 Å². The van der Waals surface area contributed by atoms with E-state index in [9.17, 15) is 4.79 Å². The molecule has 2 heterocycles. The molecule has 2 rings (SSSR count). The van der Waals surface area contributed by atoms with Gasteiger partial charge in [0, 0.05) is 31.2 Å². The summed E-state index contributed by atoms with van der Waals surface area (Å²) in [6.07, 6.45) is 3.31. The highest BCUT2D eigenvalue weighted by molar-refractivity contribution is 5.79. The highest BCUT2D eigenvalue weighted by Gasteiger charge is 2.26. The lowest BCUT2D eigenvalue weighted by atomic mass is 9.95. The number of nitriles is 1. The molecule has 20 heavy (non-hydrogen) atoms. The van der Waals surface area contributed by atoms with E-state index in [1.807, 2.05) is 13.8 Å². The summed E-state index contributed by atoms with van der Waals surface area (Å²) in [5.41, 5.74) is 0.595. The molecule has 1 saturated heterocycles. The number of carbonyl (C=O) groups is 1. The molecule has 5 nitrogen and oxygen atoms in total. The number of nitrogens with one attached hydrogen (secondary N) is 1. The van der Waals surface area contributed by atoms with Crippen molar-refractivity contribution >= 4 is 11.7 Å². The Morgan fingerprint density at radius 2 is 2.20 bits per heavy atom. The molecular weight excluding hydrogens is 252 g/mol. The second kappa shape index (κ2) is 6.38. The molecular formula is C15H20N4O. The Kier molecular flexibility index (Phi) is 4.57. The first kappa shape index (κ1) is 14.3. The zero-order chi connectivity index (χ0) is 14.5. The van der Waals surface area contributed by atoms with Crippen LogP contribution in [0.2, 0.25) is 0 Å². The van der Waals surface area contributed by atoms with E-state index < -0.39 is 0 Å². The molecule has 1 amide bonds. The number of aromatic nitrogens is 1. The molecule has 106 valence electrons. The zero-order valence-electron chi connectivity index (χ0n) is 12.0. The normalized spacial score (nSPS) is 16.0. The van der Waals surface area contributed by atoms with Gasteiger partial charge in [-0.3, -0.25) is 4.79 Å². The Hall–Kier alpha value is -2.09. The van der Waals surface area contributed by atoms with Gasteiger partial charge in [-0.25, -0.2) is 4.98 Å². The summed E-state index contributed by atoms with van der Waals surface area (Å²) < 4.78 is 0. The third kappa shape index (κ3) is 3.27. The summed E-state index contributed by atoms with van der Waals surface area (Å²) >= 11 is 0. The number of nitrogens with zero attached hydrogens (tertiary/aromatic N) is 3. The molecule has 0 atom stereocenters. The first-order valence-electron chi connectivity index (χ1n) is 7.02. The first-order chi connectivity index (χ1) is 9.61. The van der Waals surface area contributed by atoms with Crippen molar-refractivity contribution in [3.63, 3.8) is 0 Å². The number of piperidine rings is 1. The average molecular weight is 272 g/mol. The van der Waals surface area contributed by atoms with E-state index in [4.69, 9.17) is 5.26 Å². The van der Waals surface area contributed by atoms with Gasteiger partial charge in [-0.1, -0.05) is 0 Å². The predicted molar refractivity (Wildman–Crippen MR) is 77.2 cm³/mol. The molecule has 0 aromatic carbocycles. The first-order valence-corrected chi connectivity index (χ1v) is 7.02. The summed E-state index contributed by atoms with van der Waals surface area (Å²) in [6.45, 7) is 5.48. The van der Waals surface area contributed by atoms with E-state index in [0.717, 1.165) is 31.7 Å². The molecule has 0 unspecified atom stereocenters. The number of hydrogen-bond acceptors (Lipinski definition) is 4. The molecule has 0 bridgehead atoms. The summed E-state index contributed by atoms with van der Waals surface area (Å²) in [7, 11) is 0. The van der Waals surface area contributed by atoms with Crippen molar-refractivity contribution in [3.05, 3.63) is 23.9 Å². The van der Waals surface area contributed by atoms with E-state index in [1.165, 1.54) is 0 Å². The van der Waals surface area contributed by atoms with Gasteiger partial charge in [0.2, 0.25) is 5.91 Å². The smallest absolute Gasteiger partial charge is 0.223 e. The van der Waals surface area contributed by atoms with Gasteiger partial charge in [0.15, 0.2) is 0 Å².